The van der Waals surface area contributed by atoms with Crippen LogP contribution in [0.4, 0.5) is 0 Å². The molecule has 0 saturated heterocycles. The lowest BCUT2D eigenvalue weighted by Crippen LogP contribution is -2.46. The molecule has 4 rings (SSSR count). The normalized spacial score (nSPS) is 27.4. The van der Waals surface area contributed by atoms with Crippen molar-refractivity contribution in [3.8, 4) is 0 Å². The summed E-state index contributed by atoms with van der Waals surface area (Å²) in [5.74, 6) is 0.268. The Balaban J connectivity index is 1.84. The number of Topliss-reactive ketones (excluding diaryl/α,β-unsaturated/α-hetero) is 1. The third kappa shape index (κ3) is 1.46. The van der Waals surface area contributed by atoms with E-state index in [4.69, 9.17) is 0 Å². The Hall–Kier alpha value is -1.93. The molecule has 2 aromatic carbocycles. The van der Waals surface area contributed by atoms with Gasteiger partial charge in [-0.1, -0.05) is 48.5 Å². The first kappa shape index (κ1) is 11.9. The third-order valence-electron chi connectivity index (χ3n) is 4.85. The Morgan fingerprint density at radius 3 is 2.70 bits per heavy atom. The Morgan fingerprint density at radius 1 is 1.05 bits per heavy atom. The van der Waals surface area contributed by atoms with Crippen LogP contribution in [0.25, 0.3) is 0 Å². The highest BCUT2D eigenvalue weighted by atomic mass is 16.3. The molecule has 0 spiro atoms. The first-order valence-electron chi connectivity index (χ1n) is 7.13. The van der Waals surface area contributed by atoms with Crippen LogP contribution in [0.2, 0.25) is 0 Å². The van der Waals surface area contributed by atoms with E-state index in [2.05, 4.69) is 6.07 Å². The summed E-state index contributed by atoms with van der Waals surface area (Å²) in [5, 5.41) is 11.0. The van der Waals surface area contributed by atoms with Crippen molar-refractivity contribution in [1.29, 1.82) is 0 Å². The van der Waals surface area contributed by atoms with Crippen LogP contribution in [-0.2, 0) is 12.0 Å². The molecular formula is C18H16O2. The number of rotatable bonds is 0. The standard InChI is InChI=1S/C18H16O2/c19-17-9-10-18(20)15-8-4-3-7-14(15)16(18)11-12-5-1-2-6-13(12)17/h1-8,16,20H,9-11H2. The molecule has 0 radical (unpaired) electrons. The summed E-state index contributed by atoms with van der Waals surface area (Å²) in [7, 11) is 0. The van der Waals surface area contributed by atoms with E-state index in [-0.39, 0.29) is 11.7 Å². The SMILES string of the molecule is O=C1CCC2(O)c3ccccc3C2Cc2ccccc21. The van der Waals surface area contributed by atoms with Crippen molar-refractivity contribution >= 4 is 5.78 Å². The van der Waals surface area contributed by atoms with Gasteiger partial charge in [0.1, 0.15) is 0 Å². The minimum absolute atomic E-state index is 0.118. The minimum atomic E-state index is -0.820. The first-order chi connectivity index (χ1) is 9.70. The van der Waals surface area contributed by atoms with E-state index in [1.54, 1.807) is 0 Å². The second-order valence-electron chi connectivity index (χ2n) is 5.85. The van der Waals surface area contributed by atoms with Gasteiger partial charge >= 0.3 is 0 Å². The average molecular weight is 264 g/mol. The van der Waals surface area contributed by atoms with Gasteiger partial charge in [0.05, 0.1) is 5.60 Å². The lowest BCUT2D eigenvalue weighted by atomic mass is 9.59. The molecule has 2 atom stereocenters. The van der Waals surface area contributed by atoms with E-state index < -0.39 is 5.60 Å². The van der Waals surface area contributed by atoms with Crippen LogP contribution in [0.1, 0.15) is 45.8 Å². The number of fused-ring (bicyclic) bond motifs is 5. The van der Waals surface area contributed by atoms with E-state index in [0.717, 1.165) is 23.1 Å². The zero-order valence-corrected chi connectivity index (χ0v) is 11.2. The van der Waals surface area contributed by atoms with Gasteiger partial charge in [0.15, 0.2) is 5.78 Å². The second-order valence-corrected chi connectivity index (χ2v) is 5.85. The summed E-state index contributed by atoms with van der Waals surface area (Å²) in [4.78, 5) is 12.3. The number of aliphatic hydroxyl groups is 1. The fraction of sp³-hybridized carbons (Fsp3) is 0.278. The van der Waals surface area contributed by atoms with E-state index in [0.29, 0.717) is 12.8 Å². The predicted molar refractivity (Wildman–Crippen MR) is 76.8 cm³/mol. The highest BCUT2D eigenvalue weighted by molar-refractivity contribution is 5.97. The van der Waals surface area contributed by atoms with Crippen molar-refractivity contribution in [2.75, 3.05) is 0 Å². The topological polar surface area (TPSA) is 37.3 Å². The van der Waals surface area contributed by atoms with Crippen molar-refractivity contribution in [1.82, 2.24) is 0 Å². The summed E-state index contributed by atoms with van der Waals surface area (Å²) < 4.78 is 0. The number of ketones is 1. The molecule has 2 nitrogen and oxygen atoms in total. The number of hydrogen-bond acceptors (Lipinski definition) is 2. The summed E-state index contributed by atoms with van der Waals surface area (Å²) in [5.41, 5.74) is 3.32. The van der Waals surface area contributed by atoms with E-state index >= 15 is 0 Å². The third-order valence-corrected chi connectivity index (χ3v) is 4.85. The largest absolute Gasteiger partial charge is 0.384 e. The lowest BCUT2D eigenvalue weighted by molar-refractivity contribution is -0.0304. The highest BCUT2D eigenvalue weighted by Gasteiger charge is 2.50. The van der Waals surface area contributed by atoms with Gasteiger partial charge in [0, 0.05) is 17.9 Å². The molecule has 20 heavy (non-hydrogen) atoms. The molecule has 2 aliphatic rings. The van der Waals surface area contributed by atoms with E-state index in [1.807, 2.05) is 42.5 Å². The quantitative estimate of drug-likeness (QED) is 0.793. The number of carbonyl (C=O) groups excluding carboxylic acids is 1. The summed E-state index contributed by atoms with van der Waals surface area (Å²) in [6, 6.07) is 15.9. The van der Waals surface area contributed by atoms with Crippen LogP contribution in [0.15, 0.2) is 48.5 Å². The van der Waals surface area contributed by atoms with Crippen molar-refractivity contribution in [3.63, 3.8) is 0 Å². The molecule has 2 heteroatoms. The molecule has 2 aromatic rings. The zero-order valence-electron chi connectivity index (χ0n) is 11.2. The van der Waals surface area contributed by atoms with Crippen molar-refractivity contribution in [2.24, 2.45) is 0 Å². The molecule has 0 saturated carbocycles. The summed E-state index contributed by atoms with van der Waals surface area (Å²) in [6.45, 7) is 0. The average Bonchev–Trinajstić information content (AvgIpc) is 2.49. The van der Waals surface area contributed by atoms with Crippen molar-refractivity contribution < 1.29 is 9.90 Å². The van der Waals surface area contributed by atoms with Gasteiger partial charge in [-0.2, -0.15) is 0 Å². The smallest absolute Gasteiger partial charge is 0.163 e. The Morgan fingerprint density at radius 2 is 1.80 bits per heavy atom. The fourth-order valence-corrected chi connectivity index (χ4v) is 3.78. The van der Waals surface area contributed by atoms with Crippen LogP contribution in [0.3, 0.4) is 0 Å². The van der Waals surface area contributed by atoms with Crippen LogP contribution >= 0.6 is 0 Å². The molecule has 0 amide bonds. The molecule has 2 aliphatic carbocycles. The molecular weight excluding hydrogens is 248 g/mol. The highest BCUT2D eigenvalue weighted by Crippen LogP contribution is 2.54. The molecule has 0 aliphatic heterocycles. The van der Waals surface area contributed by atoms with Gasteiger partial charge in [-0.05, 0) is 29.5 Å². The van der Waals surface area contributed by atoms with Crippen molar-refractivity contribution in [2.45, 2.75) is 30.8 Å². The maximum atomic E-state index is 12.3. The lowest BCUT2D eigenvalue weighted by Gasteiger charge is -2.49. The zero-order chi connectivity index (χ0) is 13.7. The molecule has 0 bridgehead atoms. The molecule has 1 N–H and O–H groups in total. The van der Waals surface area contributed by atoms with Gasteiger partial charge in [-0.25, -0.2) is 0 Å². The maximum absolute atomic E-state index is 12.3. The maximum Gasteiger partial charge on any atom is 0.163 e. The van der Waals surface area contributed by atoms with Crippen molar-refractivity contribution in [3.05, 3.63) is 70.8 Å². The van der Waals surface area contributed by atoms with E-state index in [1.165, 1.54) is 5.56 Å². The van der Waals surface area contributed by atoms with Gasteiger partial charge < -0.3 is 5.11 Å². The molecule has 0 heterocycles. The first-order valence-corrected chi connectivity index (χ1v) is 7.13. The summed E-state index contributed by atoms with van der Waals surface area (Å²) >= 11 is 0. The fourth-order valence-electron chi connectivity index (χ4n) is 3.78. The van der Waals surface area contributed by atoms with Crippen LogP contribution < -0.4 is 0 Å². The summed E-state index contributed by atoms with van der Waals surface area (Å²) in [6.07, 6.45) is 1.69. The Bertz CT molecular complexity index is 704. The number of carbonyl (C=O) groups is 1. The molecule has 0 aromatic heterocycles. The van der Waals surface area contributed by atoms with E-state index in [9.17, 15) is 9.90 Å². The monoisotopic (exact) mass is 264 g/mol. The van der Waals surface area contributed by atoms with Gasteiger partial charge in [0.2, 0.25) is 0 Å². The van der Waals surface area contributed by atoms with Crippen LogP contribution in [-0.4, -0.2) is 10.9 Å². The minimum Gasteiger partial charge on any atom is -0.384 e. The second kappa shape index (κ2) is 4.03. The predicted octanol–water partition coefficient (Wildman–Crippen LogP) is 3.19. The Kier molecular flexibility index (Phi) is 2.39. The van der Waals surface area contributed by atoms with Gasteiger partial charge in [-0.15, -0.1) is 0 Å². The molecule has 100 valence electrons. The Labute approximate surface area is 118 Å². The van der Waals surface area contributed by atoms with Crippen LogP contribution in [0, 0.1) is 0 Å². The number of hydrogen-bond donors (Lipinski definition) is 1. The molecule has 0 fully saturated rings. The number of benzene rings is 2. The van der Waals surface area contributed by atoms with Gasteiger partial charge in [-0.3, -0.25) is 4.79 Å². The molecule has 2 unspecified atom stereocenters. The van der Waals surface area contributed by atoms with Gasteiger partial charge in [0.25, 0.3) is 0 Å². The van der Waals surface area contributed by atoms with Crippen LogP contribution in [0.5, 0.6) is 0 Å².